The van der Waals surface area contributed by atoms with Crippen LogP contribution in [0.1, 0.15) is 51.5 Å². The summed E-state index contributed by atoms with van der Waals surface area (Å²) in [6.45, 7) is 4.06. The van der Waals surface area contributed by atoms with Gasteiger partial charge >= 0.3 is 0 Å². The molecule has 1 amide bonds. The zero-order chi connectivity index (χ0) is 14.8. The Morgan fingerprint density at radius 2 is 1.90 bits per heavy atom. The van der Waals surface area contributed by atoms with Crippen molar-refractivity contribution >= 4 is 5.91 Å². The summed E-state index contributed by atoms with van der Waals surface area (Å²) in [6.07, 6.45) is 3.27. The van der Waals surface area contributed by atoms with E-state index in [4.69, 9.17) is 0 Å². The molecule has 2 aromatic rings. The van der Waals surface area contributed by atoms with Gasteiger partial charge < -0.3 is 5.32 Å². The molecule has 1 N–H and O–H groups in total. The minimum absolute atomic E-state index is 0.0397. The van der Waals surface area contributed by atoms with E-state index in [0.29, 0.717) is 0 Å². The highest BCUT2D eigenvalue weighted by molar-refractivity contribution is 5.96. The fourth-order valence-electron chi connectivity index (χ4n) is 3.14. The number of aryl methyl sites for hydroxylation is 2. The van der Waals surface area contributed by atoms with Crippen LogP contribution in [0, 0.1) is 13.8 Å². The lowest BCUT2D eigenvalue weighted by atomic mass is 9.87. The molecule has 0 spiro atoms. The van der Waals surface area contributed by atoms with Crippen molar-refractivity contribution in [2.45, 2.75) is 39.2 Å². The first-order chi connectivity index (χ1) is 10.2. The molecule has 2 aromatic carbocycles. The summed E-state index contributed by atoms with van der Waals surface area (Å²) < 4.78 is 0. The summed E-state index contributed by atoms with van der Waals surface area (Å²) in [6, 6.07) is 14.5. The lowest BCUT2D eigenvalue weighted by Crippen LogP contribution is -2.31. The molecule has 0 radical (unpaired) electrons. The smallest absolute Gasteiger partial charge is 0.252 e. The number of amides is 1. The van der Waals surface area contributed by atoms with Gasteiger partial charge in [-0.05, 0) is 61.4 Å². The SMILES string of the molecule is Cc1cccc(C(=O)NC2CCCc3ccccc32)c1C. The Balaban J connectivity index is 1.85. The monoisotopic (exact) mass is 279 g/mol. The van der Waals surface area contributed by atoms with Crippen LogP contribution in [0.2, 0.25) is 0 Å². The molecular weight excluding hydrogens is 258 g/mol. The Bertz CT molecular complexity index is 675. The molecule has 21 heavy (non-hydrogen) atoms. The molecular formula is C19H21NO. The molecule has 0 fully saturated rings. The average Bonchev–Trinajstić information content (AvgIpc) is 2.50. The number of fused-ring (bicyclic) bond motifs is 1. The van der Waals surface area contributed by atoms with Crippen LogP contribution >= 0.6 is 0 Å². The first kappa shape index (κ1) is 13.9. The predicted molar refractivity (Wildman–Crippen MR) is 85.5 cm³/mol. The topological polar surface area (TPSA) is 29.1 Å². The summed E-state index contributed by atoms with van der Waals surface area (Å²) in [5.74, 6) is 0.0397. The van der Waals surface area contributed by atoms with Gasteiger partial charge in [0.15, 0.2) is 0 Å². The van der Waals surface area contributed by atoms with Crippen LogP contribution in [-0.2, 0) is 6.42 Å². The van der Waals surface area contributed by atoms with Crippen molar-refractivity contribution in [3.05, 3.63) is 70.3 Å². The summed E-state index contributed by atoms with van der Waals surface area (Å²) in [5, 5.41) is 3.22. The summed E-state index contributed by atoms with van der Waals surface area (Å²) in [7, 11) is 0. The van der Waals surface area contributed by atoms with E-state index in [0.717, 1.165) is 36.0 Å². The zero-order valence-corrected chi connectivity index (χ0v) is 12.6. The van der Waals surface area contributed by atoms with Gasteiger partial charge in [-0.15, -0.1) is 0 Å². The second kappa shape index (κ2) is 5.72. The van der Waals surface area contributed by atoms with E-state index < -0.39 is 0 Å². The first-order valence-electron chi connectivity index (χ1n) is 7.61. The van der Waals surface area contributed by atoms with Crippen LogP contribution < -0.4 is 5.32 Å². The van der Waals surface area contributed by atoms with Crippen molar-refractivity contribution in [3.8, 4) is 0 Å². The molecule has 1 aliphatic rings. The third-order valence-corrected chi connectivity index (χ3v) is 4.52. The third-order valence-electron chi connectivity index (χ3n) is 4.52. The van der Waals surface area contributed by atoms with Crippen molar-refractivity contribution in [1.29, 1.82) is 0 Å². The van der Waals surface area contributed by atoms with Gasteiger partial charge in [-0.1, -0.05) is 36.4 Å². The maximum atomic E-state index is 12.6. The molecule has 0 aromatic heterocycles. The number of nitrogens with one attached hydrogen (secondary N) is 1. The second-order valence-corrected chi connectivity index (χ2v) is 5.86. The van der Waals surface area contributed by atoms with Crippen molar-refractivity contribution in [2.75, 3.05) is 0 Å². The van der Waals surface area contributed by atoms with E-state index in [-0.39, 0.29) is 11.9 Å². The Kier molecular flexibility index (Phi) is 3.78. The average molecular weight is 279 g/mol. The van der Waals surface area contributed by atoms with Gasteiger partial charge in [0, 0.05) is 5.56 Å². The van der Waals surface area contributed by atoms with E-state index in [1.54, 1.807) is 0 Å². The predicted octanol–water partition coefficient (Wildman–Crippen LogP) is 4.11. The molecule has 1 aliphatic carbocycles. The summed E-state index contributed by atoms with van der Waals surface area (Å²) in [4.78, 5) is 12.6. The number of carbonyl (C=O) groups is 1. The molecule has 2 nitrogen and oxygen atoms in total. The second-order valence-electron chi connectivity index (χ2n) is 5.86. The lowest BCUT2D eigenvalue weighted by molar-refractivity contribution is 0.0932. The Morgan fingerprint density at radius 3 is 2.76 bits per heavy atom. The minimum Gasteiger partial charge on any atom is -0.345 e. The first-order valence-corrected chi connectivity index (χ1v) is 7.61. The van der Waals surface area contributed by atoms with E-state index in [1.807, 2.05) is 32.0 Å². The van der Waals surface area contributed by atoms with Crippen LogP contribution in [0.4, 0.5) is 0 Å². The molecule has 0 saturated carbocycles. The van der Waals surface area contributed by atoms with Crippen LogP contribution in [-0.4, -0.2) is 5.91 Å². The lowest BCUT2D eigenvalue weighted by Gasteiger charge is -2.26. The molecule has 0 aliphatic heterocycles. The highest BCUT2D eigenvalue weighted by Gasteiger charge is 2.22. The fourth-order valence-corrected chi connectivity index (χ4v) is 3.14. The van der Waals surface area contributed by atoms with Crippen LogP contribution in [0.3, 0.4) is 0 Å². The Labute approximate surface area is 126 Å². The maximum absolute atomic E-state index is 12.6. The van der Waals surface area contributed by atoms with Gasteiger partial charge in [0.25, 0.3) is 5.91 Å². The standard InChI is InChI=1S/C19H21NO/c1-13-7-5-11-16(14(13)2)19(21)20-18-12-6-9-15-8-3-4-10-17(15)18/h3-5,7-8,10-11,18H,6,9,12H2,1-2H3,(H,20,21). The number of hydrogen-bond donors (Lipinski definition) is 1. The van der Waals surface area contributed by atoms with Gasteiger partial charge in [-0.3, -0.25) is 4.79 Å². The molecule has 1 unspecified atom stereocenters. The quantitative estimate of drug-likeness (QED) is 0.880. The number of rotatable bonds is 2. The third kappa shape index (κ3) is 2.71. The van der Waals surface area contributed by atoms with Gasteiger partial charge in [0.05, 0.1) is 6.04 Å². The van der Waals surface area contributed by atoms with Gasteiger partial charge in [-0.25, -0.2) is 0 Å². The van der Waals surface area contributed by atoms with E-state index in [9.17, 15) is 4.79 Å². The largest absolute Gasteiger partial charge is 0.345 e. The van der Waals surface area contributed by atoms with E-state index in [1.165, 1.54) is 11.1 Å². The fraction of sp³-hybridized carbons (Fsp3) is 0.316. The van der Waals surface area contributed by atoms with Crippen molar-refractivity contribution in [1.82, 2.24) is 5.32 Å². The van der Waals surface area contributed by atoms with Gasteiger partial charge in [-0.2, -0.15) is 0 Å². The molecule has 3 rings (SSSR count). The highest BCUT2D eigenvalue weighted by Crippen LogP contribution is 2.29. The molecule has 1 atom stereocenters. The van der Waals surface area contributed by atoms with Crippen LogP contribution in [0.25, 0.3) is 0 Å². The van der Waals surface area contributed by atoms with E-state index in [2.05, 4.69) is 29.6 Å². The van der Waals surface area contributed by atoms with Crippen molar-refractivity contribution in [3.63, 3.8) is 0 Å². The Morgan fingerprint density at radius 1 is 1.10 bits per heavy atom. The van der Waals surface area contributed by atoms with Crippen LogP contribution in [0.15, 0.2) is 42.5 Å². The van der Waals surface area contributed by atoms with Crippen molar-refractivity contribution in [2.24, 2.45) is 0 Å². The molecule has 2 heteroatoms. The Hall–Kier alpha value is -2.09. The van der Waals surface area contributed by atoms with Crippen molar-refractivity contribution < 1.29 is 4.79 Å². The molecule has 108 valence electrons. The summed E-state index contributed by atoms with van der Waals surface area (Å²) in [5.41, 5.74) is 5.67. The summed E-state index contributed by atoms with van der Waals surface area (Å²) >= 11 is 0. The van der Waals surface area contributed by atoms with Crippen LogP contribution in [0.5, 0.6) is 0 Å². The number of carbonyl (C=O) groups excluding carboxylic acids is 1. The normalized spacial score (nSPS) is 17.1. The minimum atomic E-state index is 0.0397. The molecule has 0 heterocycles. The molecule has 0 saturated heterocycles. The number of benzene rings is 2. The zero-order valence-electron chi connectivity index (χ0n) is 12.6. The maximum Gasteiger partial charge on any atom is 0.252 e. The van der Waals surface area contributed by atoms with Gasteiger partial charge in [0.1, 0.15) is 0 Å². The number of hydrogen-bond acceptors (Lipinski definition) is 1. The van der Waals surface area contributed by atoms with E-state index >= 15 is 0 Å². The highest BCUT2D eigenvalue weighted by atomic mass is 16.1. The molecule has 0 bridgehead atoms. The van der Waals surface area contributed by atoms with Gasteiger partial charge in [0.2, 0.25) is 0 Å².